The van der Waals surface area contributed by atoms with E-state index in [1.165, 1.54) is 12.1 Å². The fraction of sp³-hybridized carbons (Fsp3) is 0.538. The molecule has 2 N–H and O–H groups in total. The second-order valence-electron chi connectivity index (χ2n) is 4.60. The second-order valence-corrected chi connectivity index (χ2v) is 7.27. The molecule has 0 aliphatic heterocycles. The molecule has 1 rings (SSSR count). The van der Waals surface area contributed by atoms with Gasteiger partial charge in [0.15, 0.2) is 0 Å². The van der Waals surface area contributed by atoms with Gasteiger partial charge in [-0.25, -0.2) is 17.5 Å². The third kappa shape index (κ3) is 5.05. The Labute approximate surface area is 124 Å². The lowest BCUT2D eigenvalue weighted by atomic mass is 10.2. The second kappa shape index (κ2) is 7.97. The van der Waals surface area contributed by atoms with Gasteiger partial charge < -0.3 is 5.32 Å². The van der Waals surface area contributed by atoms with Crippen molar-refractivity contribution in [2.75, 3.05) is 19.1 Å². The minimum atomic E-state index is -3.81. The zero-order valence-electron chi connectivity index (χ0n) is 11.9. The number of nitrogens with one attached hydrogen (secondary N) is 2. The predicted octanol–water partition coefficient (Wildman–Crippen LogP) is 1.97. The molecule has 1 aromatic carbocycles. The largest absolute Gasteiger partial charge is 0.316 e. The van der Waals surface area contributed by atoms with Crippen LogP contribution in [0.3, 0.4) is 0 Å². The molecule has 20 heavy (non-hydrogen) atoms. The molecular weight excluding hydrogens is 299 g/mol. The van der Waals surface area contributed by atoms with Crippen molar-refractivity contribution < 1.29 is 12.8 Å². The Kier molecular flexibility index (Phi) is 6.94. The summed E-state index contributed by atoms with van der Waals surface area (Å²) in [6.45, 7) is 2.27. The summed E-state index contributed by atoms with van der Waals surface area (Å²) in [5.41, 5.74) is 0.708. The van der Waals surface area contributed by atoms with Gasteiger partial charge in [-0.05, 0) is 50.1 Å². The average molecular weight is 320 g/mol. The first-order chi connectivity index (χ1) is 9.40. The number of sulfonamides is 1. The Morgan fingerprint density at radius 2 is 2.10 bits per heavy atom. The van der Waals surface area contributed by atoms with Gasteiger partial charge in [-0.1, -0.05) is 6.07 Å². The van der Waals surface area contributed by atoms with E-state index < -0.39 is 15.8 Å². The van der Waals surface area contributed by atoms with Crippen LogP contribution in [0, 0.1) is 5.82 Å². The zero-order chi connectivity index (χ0) is 15.2. The number of halogens is 1. The molecule has 114 valence electrons. The van der Waals surface area contributed by atoms with E-state index in [1.54, 1.807) is 31.8 Å². The Bertz CT molecular complexity index is 535. The summed E-state index contributed by atoms with van der Waals surface area (Å²) in [5.74, 6) is 0.134. The van der Waals surface area contributed by atoms with Gasteiger partial charge in [0.05, 0.1) is 0 Å². The lowest BCUT2D eigenvalue weighted by Gasteiger charge is -2.14. The molecule has 1 aromatic rings. The Hall–Kier alpha value is -0.630. The van der Waals surface area contributed by atoms with Gasteiger partial charge >= 0.3 is 0 Å². The molecule has 0 saturated heterocycles. The van der Waals surface area contributed by atoms with Crippen molar-refractivity contribution in [2.24, 2.45) is 0 Å². The summed E-state index contributed by atoms with van der Waals surface area (Å²) in [7, 11) is -2.06. The van der Waals surface area contributed by atoms with E-state index in [9.17, 15) is 12.8 Å². The van der Waals surface area contributed by atoms with Crippen LogP contribution in [-0.2, 0) is 16.6 Å². The predicted molar refractivity (Wildman–Crippen MR) is 81.9 cm³/mol. The van der Waals surface area contributed by atoms with Gasteiger partial charge in [0, 0.05) is 12.6 Å². The van der Waals surface area contributed by atoms with Gasteiger partial charge in [0.25, 0.3) is 0 Å². The van der Waals surface area contributed by atoms with Crippen LogP contribution in [0.1, 0.15) is 18.9 Å². The van der Waals surface area contributed by atoms with Crippen LogP contribution in [0.5, 0.6) is 0 Å². The van der Waals surface area contributed by atoms with Crippen molar-refractivity contribution in [3.8, 4) is 0 Å². The summed E-state index contributed by atoms with van der Waals surface area (Å²) in [6, 6.07) is 3.95. The van der Waals surface area contributed by atoms with Crippen molar-refractivity contribution in [3.63, 3.8) is 0 Å². The van der Waals surface area contributed by atoms with E-state index in [0.717, 1.165) is 5.75 Å². The van der Waals surface area contributed by atoms with E-state index in [1.807, 2.05) is 6.26 Å². The lowest BCUT2D eigenvalue weighted by molar-refractivity contribution is 0.539. The lowest BCUT2D eigenvalue weighted by Crippen LogP contribution is -2.33. The molecule has 0 aliphatic rings. The van der Waals surface area contributed by atoms with Crippen LogP contribution in [0.15, 0.2) is 23.1 Å². The van der Waals surface area contributed by atoms with Crippen LogP contribution in [0.2, 0.25) is 0 Å². The summed E-state index contributed by atoms with van der Waals surface area (Å²) >= 11 is 1.65. The highest BCUT2D eigenvalue weighted by Crippen LogP contribution is 2.17. The van der Waals surface area contributed by atoms with E-state index in [2.05, 4.69) is 10.0 Å². The summed E-state index contributed by atoms with van der Waals surface area (Å²) in [6.07, 6.45) is 2.67. The molecular formula is C13H21FN2O2S2. The molecule has 0 fully saturated rings. The van der Waals surface area contributed by atoms with Crippen molar-refractivity contribution in [1.82, 2.24) is 10.0 Å². The van der Waals surface area contributed by atoms with Gasteiger partial charge in [-0.2, -0.15) is 11.8 Å². The topological polar surface area (TPSA) is 58.2 Å². The summed E-state index contributed by atoms with van der Waals surface area (Å²) < 4.78 is 40.7. The molecule has 0 aliphatic carbocycles. The van der Waals surface area contributed by atoms with Crippen LogP contribution in [0.4, 0.5) is 4.39 Å². The number of benzene rings is 1. The first-order valence-corrected chi connectivity index (χ1v) is 9.22. The Morgan fingerprint density at radius 3 is 2.65 bits per heavy atom. The highest BCUT2D eigenvalue weighted by molar-refractivity contribution is 7.98. The summed E-state index contributed by atoms with van der Waals surface area (Å²) in [5, 5.41) is 2.89. The van der Waals surface area contributed by atoms with E-state index in [4.69, 9.17) is 0 Å². The van der Waals surface area contributed by atoms with Gasteiger partial charge in [0.1, 0.15) is 10.7 Å². The van der Waals surface area contributed by atoms with Crippen molar-refractivity contribution >= 4 is 21.8 Å². The first kappa shape index (κ1) is 17.4. The summed E-state index contributed by atoms with van der Waals surface area (Å²) in [4.78, 5) is -0.298. The molecule has 7 heteroatoms. The minimum Gasteiger partial charge on any atom is -0.316 e. The van der Waals surface area contributed by atoms with E-state index >= 15 is 0 Å². The maximum absolute atomic E-state index is 13.9. The maximum atomic E-state index is 13.9. The Balaban J connectivity index is 2.87. The molecule has 0 saturated carbocycles. The molecule has 0 bridgehead atoms. The van der Waals surface area contributed by atoms with Crippen molar-refractivity contribution in [2.45, 2.75) is 30.8 Å². The molecule has 0 aromatic heterocycles. The van der Waals surface area contributed by atoms with Crippen LogP contribution >= 0.6 is 11.8 Å². The smallest absolute Gasteiger partial charge is 0.243 e. The average Bonchev–Trinajstić information content (AvgIpc) is 2.36. The normalized spacial score (nSPS) is 13.4. The highest BCUT2D eigenvalue weighted by atomic mass is 32.2. The van der Waals surface area contributed by atoms with Gasteiger partial charge in [-0.3, -0.25) is 0 Å². The molecule has 1 unspecified atom stereocenters. The molecule has 4 nitrogen and oxygen atoms in total. The quantitative estimate of drug-likeness (QED) is 0.769. The monoisotopic (exact) mass is 320 g/mol. The number of hydrogen-bond donors (Lipinski definition) is 2. The first-order valence-electron chi connectivity index (χ1n) is 6.35. The number of rotatable bonds is 8. The SMILES string of the molecule is CNCc1ccc(S(=O)(=O)NC(C)CCSC)c(F)c1. The molecule has 1 atom stereocenters. The number of thioether (sulfide) groups is 1. The van der Waals surface area contributed by atoms with Crippen LogP contribution in [-0.4, -0.2) is 33.5 Å². The van der Waals surface area contributed by atoms with E-state index in [-0.39, 0.29) is 10.9 Å². The molecule has 0 spiro atoms. The van der Waals surface area contributed by atoms with Crippen LogP contribution in [0.25, 0.3) is 0 Å². The fourth-order valence-electron chi connectivity index (χ4n) is 1.76. The standard InChI is InChI=1S/C13H21FN2O2S2/c1-10(6-7-19-3)16-20(17,18)13-5-4-11(9-15-2)8-12(13)14/h4-5,8,10,15-16H,6-7,9H2,1-3H3. The zero-order valence-corrected chi connectivity index (χ0v) is 13.6. The van der Waals surface area contributed by atoms with Gasteiger partial charge in [-0.15, -0.1) is 0 Å². The van der Waals surface area contributed by atoms with Crippen LogP contribution < -0.4 is 10.0 Å². The van der Waals surface area contributed by atoms with Crippen molar-refractivity contribution in [1.29, 1.82) is 0 Å². The number of hydrogen-bond acceptors (Lipinski definition) is 4. The fourth-order valence-corrected chi connectivity index (χ4v) is 3.68. The third-order valence-corrected chi connectivity index (χ3v) is 5.04. The molecule has 0 amide bonds. The molecule has 0 heterocycles. The van der Waals surface area contributed by atoms with Crippen molar-refractivity contribution in [3.05, 3.63) is 29.6 Å². The Morgan fingerprint density at radius 1 is 1.40 bits per heavy atom. The maximum Gasteiger partial charge on any atom is 0.243 e. The van der Waals surface area contributed by atoms with Gasteiger partial charge in [0.2, 0.25) is 10.0 Å². The molecule has 0 radical (unpaired) electrons. The van der Waals surface area contributed by atoms with E-state index in [0.29, 0.717) is 18.5 Å². The third-order valence-electron chi connectivity index (χ3n) is 2.78. The minimum absolute atomic E-state index is 0.219. The highest BCUT2D eigenvalue weighted by Gasteiger charge is 2.21.